The van der Waals surface area contributed by atoms with E-state index < -0.39 is 11.8 Å². The summed E-state index contributed by atoms with van der Waals surface area (Å²) in [6.45, 7) is 0.131. The van der Waals surface area contributed by atoms with Gasteiger partial charge in [0.25, 0.3) is 0 Å². The molecule has 5 nitrogen and oxygen atoms in total. The Hall–Kier alpha value is -1.93. The van der Waals surface area contributed by atoms with Crippen molar-refractivity contribution in [1.82, 2.24) is 5.32 Å². The van der Waals surface area contributed by atoms with Crippen LogP contribution in [-0.2, 0) is 4.79 Å². The Morgan fingerprint density at radius 3 is 2.29 bits per heavy atom. The third-order valence-electron chi connectivity index (χ3n) is 2.94. The lowest BCUT2D eigenvalue weighted by atomic mass is 10.3. The lowest BCUT2D eigenvalue weighted by Crippen LogP contribution is -2.31. The molecule has 0 aliphatic carbocycles. The number of nitrogens with one attached hydrogen (secondary N) is 3. The van der Waals surface area contributed by atoms with Crippen LogP contribution in [-0.4, -0.2) is 18.5 Å². The molecule has 0 bridgehead atoms. The Morgan fingerprint density at radius 1 is 0.958 bits per heavy atom. The number of carbonyl (C=O) groups is 2. The van der Waals surface area contributed by atoms with Gasteiger partial charge in [0, 0.05) is 27.6 Å². The van der Waals surface area contributed by atoms with E-state index >= 15 is 0 Å². The molecule has 0 aliphatic rings. The van der Waals surface area contributed by atoms with Crippen molar-refractivity contribution in [2.75, 3.05) is 17.2 Å². The van der Waals surface area contributed by atoms with Gasteiger partial charge in [-0.05, 0) is 42.5 Å². The average molecular weight is 459 g/mol. The molecule has 3 amide bonds. The van der Waals surface area contributed by atoms with E-state index in [2.05, 4.69) is 47.8 Å². The van der Waals surface area contributed by atoms with E-state index in [1.165, 1.54) is 12.1 Å². The van der Waals surface area contributed by atoms with Gasteiger partial charge < -0.3 is 16.0 Å². The summed E-state index contributed by atoms with van der Waals surface area (Å²) >= 11 is 6.45. The highest BCUT2D eigenvalue weighted by Gasteiger charge is 2.08. The smallest absolute Gasteiger partial charge is 0.319 e. The van der Waals surface area contributed by atoms with E-state index in [1.807, 2.05) is 0 Å². The van der Waals surface area contributed by atoms with Crippen LogP contribution >= 0.6 is 31.9 Å². The summed E-state index contributed by atoms with van der Waals surface area (Å²) in [5.41, 5.74) is 0.736. The lowest BCUT2D eigenvalue weighted by Gasteiger charge is -2.09. The summed E-state index contributed by atoms with van der Waals surface area (Å²) < 4.78 is 15.1. The quantitative estimate of drug-likeness (QED) is 0.617. The fourth-order valence-electron chi connectivity index (χ4n) is 1.80. The minimum Gasteiger partial charge on any atom is -0.337 e. The van der Waals surface area contributed by atoms with Crippen LogP contribution in [0.1, 0.15) is 6.42 Å². The molecule has 0 saturated carbocycles. The molecule has 0 saturated heterocycles. The standard InChI is InChI=1S/C16H14Br2FN3O2/c17-10-1-4-12(5-2-10)21-16(24)20-8-7-15(23)22-14-6-3-11(18)9-13(14)19/h1-6,9H,7-8H2,(H,22,23)(H2,20,21,24). The second-order valence-electron chi connectivity index (χ2n) is 4.81. The highest BCUT2D eigenvalue weighted by atomic mass is 79.9. The van der Waals surface area contributed by atoms with Crippen molar-refractivity contribution in [1.29, 1.82) is 0 Å². The Morgan fingerprint density at radius 2 is 1.62 bits per heavy atom. The summed E-state index contributed by atoms with van der Waals surface area (Å²) in [6, 6.07) is 11.0. The predicted octanol–water partition coefficient (Wildman–Crippen LogP) is 4.50. The van der Waals surface area contributed by atoms with Crippen molar-refractivity contribution >= 4 is 55.2 Å². The van der Waals surface area contributed by atoms with Crippen molar-refractivity contribution in [3.05, 3.63) is 57.2 Å². The van der Waals surface area contributed by atoms with Crippen molar-refractivity contribution in [3.63, 3.8) is 0 Å². The number of urea groups is 1. The zero-order chi connectivity index (χ0) is 17.5. The van der Waals surface area contributed by atoms with E-state index in [-0.39, 0.29) is 24.6 Å². The van der Waals surface area contributed by atoms with Gasteiger partial charge in [-0.1, -0.05) is 31.9 Å². The first-order chi connectivity index (χ1) is 11.4. The molecule has 0 aliphatic heterocycles. The van der Waals surface area contributed by atoms with E-state index in [0.717, 1.165) is 4.47 Å². The van der Waals surface area contributed by atoms with Crippen LogP contribution in [0.15, 0.2) is 51.4 Å². The highest BCUT2D eigenvalue weighted by molar-refractivity contribution is 9.10. The number of hydrogen-bond donors (Lipinski definition) is 3. The number of benzene rings is 2. The van der Waals surface area contributed by atoms with Gasteiger partial charge in [-0.3, -0.25) is 4.79 Å². The predicted molar refractivity (Wildman–Crippen MR) is 98.5 cm³/mol. The first-order valence-corrected chi connectivity index (χ1v) is 8.58. The number of anilines is 2. The highest BCUT2D eigenvalue weighted by Crippen LogP contribution is 2.19. The van der Waals surface area contributed by atoms with Gasteiger partial charge in [0.1, 0.15) is 5.82 Å². The van der Waals surface area contributed by atoms with Gasteiger partial charge in [-0.2, -0.15) is 0 Å². The van der Waals surface area contributed by atoms with Gasteiger partial charge in [-0.15, -0.1) is 0 Å². The Kier molecular flexibility index (Phi) is 6.74. The van der Waals surface area contributed by atoms with E-state index in [4.69, 9.17) is 0 Å². The second kappa shape index (κ2) is 8.79. The molecule has 8 heteroatoms. The summed E-state index contributed by atoms with van der Waals surface area (Å²) in [7, 11) is 0. The van der Waals surface area contributed by atoms with Crippen molar-refractivity contribution in [2.45, 2.75) is 6.42 Å². The Labute approximate surface area is 155 Å². The normalized spacial score (nSPS) is 10.1. The summed E-state index contributed by atoms with van der Waals surface area (Å²) in [6.07, 6.45) is 0.0310. The molecular weight excluding hydrogens is 445 g/mol. The van der Waals surface area contributed by atoms with Crippen molar-refractivity contribution in [3.8, 4) is 0 Å². The number of halogens is 3. The molecule has 0 atom stereocenters. The molecule has 0 aromatic heterocycles. The zero-order valence-electron chi connectivity index (χ0n) is 12.4. The van der Waals surface area contributed by atoms with Crippen molar-refractivity contribution < 1.29 is 14.0 Å². The van der Waals surface area contributed by atoms with Crippen LogP contribution in [0.5, 0.6) is 0 Å². The molecule has 126 valence electrons. The average Bonchev–Trinajstić information content (AvgIpc) is 2.52. The molecule has 3 N–H and O–H groups in total. The second-order valence-corrected chi connectivity index (χ2v) is 6.64. The van der Waals surface area contributed by atoms with Crippen LogP contribution in [0.25, 0.3) is 0 Å². The molecule has 0 radical (unpaired) electrons. The first kappa shape index (κ1) is 18.4. The van der Waals surface area contributed by atoms with Gasteiger partial charge in [-0.25, -0.2) is 9.18 Å². The minimum absolute atomic E-state index is 0.0310. The molecule has 0 spiro atoms. The van der Waals surface area contributed by atoms with Gasteiger partial charge in [0.15, 0.2) is 0 Å². The summed E-state index contributed by atoms with van der Waals surface area (Å²) in [4.78, 5) is 23.5. The van der Waals surface area contributed by atoms with Crippen molar-refractivity contribution in [2.24, 2.45) is 0 Å². The van der Waals surface area contributed by atoms with Gasteiger partial charge >= 0.3 is 6.03 Å². The Bertz CT molecular complexity index is 739. The largest absolute Gasteiger partial charge is 0.337 e. The summed E-state index contributed by atoms with van der Waals surface area (Å²) in [5, 5.41) is 7.66. The third-order valence-corrected chi connectivity index (χ3v) is 3.97. The number of carbonyl (C=O) groups excluding carboxylic acids is 2. The monoisotopic (exact) mass is 457 g/mol. The van der Waals surface area contributed by atoms with E-state index in [1.54, 1.807) is 30.3 Å². The van der Waals surface area contributed by atoms with E-state index in [9.17, 15) is 14.0 Å². The van der Waals surface area contributed by atoms with Crippen LogP contribution in [0.4, 0.5) is 20.6 Å². The molecular formula is C16H14Br2FN3O2. The van der Waals surface area contributed by atoms with Gasteiger partial charge in [0.05, 0.1) is 5.69 Å². The molecule has 0 fully saturated rings. The maximum atomic E-state index is 13.6. The molecule has 2 rings (SSSR count). The molecule has 0 unspecified atom stereocenters. The van der Waals surface area contributed by atoms with E-state index in [0.29, 0.717) is 10.2 Å². The Balaban J connectivity index is 1.73. The number of rotatable bonds is 5. The topological polar surface area (TPSA) is 70.2 Å². The van der Waals surface area contributed by atoms with Crippen LogP contribution < -0.4 is 16.0 Å². The molecule has 24 heavy (non-hydrogen) atoms. The third kappa shape index (κ3) is 5.93. The lowest BCUT2D eigenvalue weighted by molar-refractivity contribution is -0.116. The van der Waals surface area contributed by atoms with Crippen LogP contribution in [0, 0.1) is 5.82 Å². The number of amides is 3. The molecule has 0 heterocycles. The first-order valence-electron chi connectivity index (χ1n) is 6.99. The molecule has 2 aromatic rings. The fraction of sp³-hybridized carbons (Fsp3) is 0.125. The SMILES string of the molecule is O=C(CCNC(=O)Nc1ccc(Br)cc1)Nc1ccc(Br)cc1F. The summed E-state index contributed by atoms with van der Waals surface area (Å²) in [5.74, 6) is -0.918. The van der Waals surface area contributed by atoms with Crippen LogP contribution in [0.3, 0.4) is 0 Å². The maximum Gasteiger partial charge on any atom is 0.319 e. The van der Waals surface area contributed by atoms with Crippen LogP contribution in [0.2, 0.25) is 0 Å². The maximum absolute atomic E-state index is 13.6. The minimum atomic E-state index is -0.529. The number of hydrogen-bond acceptors (Lipinski definition) is 2. The molecule has 2 aromatic carbocycles. The zero-order valence-corrected chi connectivity index (χ0v) is 15.6. The fourth-order valence-corrected chi connectivity index (χ4v) is 2.40. The van der Waals surface area contributed by atoms with Gasteiger partial charge in [0.2, 0.25) is 5.91 Å².